The smallest absolute Gasteiger partial charge is 0.208 e. The lowest BCUT2D eigenvalue weighted by atomic mass is 9.35. The number of ether oxygens (including phenoxy) is 2. The third kappa shape index (κ3) is 1.66. The Morgan fingerprint density at radius 1 is 1.21 bits per heavy atom. The number of aliphatic hydroxyl groups is 4. The number of rotatable bonds is 1. The first-order valence-electron chi connectivity index (χ1n) is 10.2. The molecule has 6 aliphatic rings. The number of carbonyl (C=O) groups is 1. The van der Waals surface area contributed by atoms with E-state index in [2.05, 4.69) is 6.58 Å². The maximum absolute atomic E-state index is 13.5. The zero-order valence-corrected chi connectivity index (χ0v) is 16.6. The fraction of sp³-hybridized carbons (Fsp3) is 0.857. The minimum absolute atomic E-state index is 0.262. The van der Waals surface area contributed by atoms with Crippen molar-refractivity contribution >= 4 is 5.78 Å². The van der Waals surface area contributed by atoms with Crippen molar-refractivity contribution in [2.75, 3.05) is 7.11 Å². The highest BCUT2D eigenvalue weighted by Gasteiger charge is 2.88. The van der Waals surface area contributed by atoms with E-state index in [1.165, 1.54) is 7.11 Å². The van der Waals surface area contributed by atoms with E-state index in [1.54, 1.807) is 0 Å². The van der Waals surface area contributed by atoms with Crippen LogP contribution in [0.15, 0.2) is 12.2 Å². The second-order valence-electron chi connectivity index (χ2n) is 10.4. The van der Waals surface area contributed by atoms with Crippen LogP contribution in [-0.2, 0) is 14.3 Å². The summed E-state index contributed by atoms with van der Waals surface area (Å²) in [7, 11) is 1.43. The SMILES string of the molecule is C=C1C(=O)[C@]23C[C@H]1C[C@H](O)[C@H]2[C@@]12[C@H](OC)O[C@]3(O)[C@@H](O)[C@@H]1C(C)(C)CC[C@@H]2O. The van der Waals surface area contributed by atoms with Crippen LogP contribution in [0.3, 0.4) is 0 Å². The van der Waals surface area contributed by atoms with Crippen molar-refractivity contribution in [1.82, 2.24) is 0 Å². The molecule has 2 spiro atoms. The molecule has 4 aliphatic carbocycles. The van der Waals surface area contributed by atoms with Crippen LogP contribution in [0.25, 0.3) is 0 Å². The van der Waals surface area contributed by atoms with Gasteiger partial charge in [-0.1, -0.05) is 20.4 Å². The third-order valence-electron chi connectivity index (χ3n) is 9.02. The quantitative estimate of drug-likeness (QED) is 0.474. The number of fused-ring (bicyclic) bond motifs is 2. The molecular weight excluding hydrogens is 364 g/mol. The highest BCUT2D eigenvalue weighted by atomic mass is 16.7. The molecule has 10 atom stereocenters. The van der Waals surface area contributed by atoms with Crippen LogP contribution in [-0.4, -0.2) is 63.7 Å². The van der Waals surface area contributed by atoms with Crippen LogP contribution >= 0.6 is 0 Å². The van der Waals surface area contributed by atoms with Crippen molar-refractivity contribution in [2.24, 2.45) is 34.0 Å². The molecule has 0 aromatic carbocycles. The van der Waals surface area contributed by atoms with E-state index in [1.807, 2.05) is 13.8 Å². The van der Waals surface area contributed by atoms with Crippen molar-refractivity contribution in [3.8, 4) is 0 Å². The molecule has 4 saturated carbocycles. The number of hydrogen-bond donors (Lipinski definition) is 4. The summed E-state index contributed by atoms with van der Waals surface area (Å²) in [4.78, 5) is 13.5. The first-order chi connectivity index (χ1) is 13.0. The molecule has 7 heteroatoms. The Bertz CT molecular complexity index is 764. The van der Waals surface area contributed by atoms with Gasteiger partial charge < -0.3 is 29.9 Å². The van der Waals surface area contributed by atoms with Gasteiger partial charge in [-0.2, -0.15) is 0 Å². The number of aliphatic hydroxyl groups excluding tert-OH is 3. The van der Waals surface area contributed by atoms with Crippen molar-refractivity contribution in [1.29, 1.82) is 0 Å². The predicted octanol–water partition coefficient (Wildman–Crippen LogP) is 0.348. The van der Waals surface area contributed by atoms with Gasteiger partial charge in [0.25, 0.3) is 0 Å². The molecule has 6 rings (SSSR count). The molecular formula is C21H30O7. The topological polar surface area (TPSA) is 116 Å². The molecule has 156 valence electrons. The standard InChI is InChI=1S/C21H30O7/c1-9-10-7-11(22)13-19(8-10,15(9)24)21(26)16(25)14-18(2,3)6-5-12(23)20(13,14)17(27-4)28-21/h10-14,16-17,22-23,25-26H,1,5-8H2,2-4H3/t10-,11+,12+,13-,14-,16+,17-,19+,20-,21-/m1/s1. The van der Waals surface area contributed by atoms with Crippen molar-refractivity contribution in [2.45, 2.75) is 69.9 Å². The predicted molar refractivity (Wildman–Crippen MR) is 96.6 cm³/mol. The van der Waals surface area contributed by atoms with Gasteiger partial charge in [0.05, 0.1) is 23.0 Å². The molecule has 0 aromatic rings. The summed E-state index contributed by atoms with van der Waals surface area (Å²) in [5.41, 5.74) is -2.81. The zero-order chi connectivity index (χ0) is 20.4. The molecule has 2 saturated heterocycles. The van der Waals surface area contributed by atoms with E-state index >= 15 is 0 Å². The molecule has 0 unspecified atom stereocenters. The minimum atomic E-state index is -2.20. The van der Waals surface area contributed by atoms with Gasteiger partial charge in [0, 0.05) is 18.9 Å². The Kier molecular flexibility index (Phi) is 3.59. The molecule has 7 nitrogen and oxygen atoms in total. The molecule has 2 aliphatic heterocycles. The number of hydrogen-bond acceptors (Lipinski definition) is 7. The summed E-state index contributed by atoms with van der Waals surface area (Å²) >= 11 is 0. The summed E-state index contributed by atoms with van der Waals surface area (Å²) in [5.74, 6) is -4.20. The van der Waals surface area contributed by atoms with Gasteiger partial charge in [0.1, 0.15) is 6.10 Å². The van der Waals surface area contributed by atoms with E-state index in [9.17, 15) is 25.2 Å². The minimum Gasteiger partial charge on any atom is -0.393 e. The Balaban J connectivity index is 1.85. The third-order valence-corrected chi connectivity index (χ3v) is 9.02. The number of allylic oxidation sites excluding steroid dienone is 1. The summed E-state index contributed by atoms with van der Waals surface area (Å²) in [6.07, 6.45) is -2.61. The molecule has 4 bridgehead atoms. The average molecular weight is 394 g/mol. The Labute approximate surface area is 164 Å². The molecule has 28 heavy (non-hydrogen) atoms. The molecule has 0 radical (unpaired) electrons. The van der Waals surface area contributed by atoms with E-state index in [-0.39, 0.29) is 18.1 Å². The van der Waals surface area contributed by atoms with E-state index in [0.717, 1.165) is 0 Å². The second kappa shape index (κ2) is 5.25. The van der Waals surface area contributed by atoms with Crippen molar-refractivity contribution in [3.05, 3.63) is 12.2 Å². The fourth-order valence-electron chi connectivity index (χ4n) is 8.15. The van der Waals surface area contributed by atoms with Crippen LogP contribution in [0.5, 0.6) is 0 Å². The first-order valence-corrected chi connectivity index (χ1v) is 10.2. The summed E-state index contributed by atoms with van der Waals surface area (Å²) < 4.78 is 11.6. The maximum Gasteiger partial charge on any atom is 0.208 e. The van der Waals surface area contributed by atoms with E-state index in [0.29, 0.717) is 24.8 Å². The molecule has 4 N–H and O–H groups in total. The van der Waals surface area contributed by atoms with Crippen LogP contribution in [0, 0.1) is 34.0 Å². The van der Waals surface area contributed by atoms with E-state index < -0.39 is 58.5 Å². The van der Waals surface area contributed by atoms with Crippen LogP contribution in [0.4, 0.5) is 0 Å². The largest absolute Gasteiger partial charge is 0.393 e. The van der Waals surface area contributed by atoms with Crippen LogP contribution in [0.2, 0.25) is 0 Å². The van der Waals surface area contributed by atoms with Crippen molar-refractivity contribution in [3.63, 3.8) is 0 Å². The van der Waals surface area contributed by atoms with Gasteiger partial charge in [-0.05, 0) is 42.6 Å². The highest BCUT2D eigenvalue weighted by molar-refractivity contribution is 6.04. The number of ketones is 1. The molecule has 0 aromatic heterocycles. The van der Waals surface area contributed by atoms with E-state index in [4.69, 9.17) is 9.47 Å². The van der Waals surface area contributed by atoms with Gasteiger partial charge in [0.2, 0.25) is 5.79 Å². The van der Waals surface area contributed by atoms with Gasteiger partial charge in [0.15, 0.2) is 12.1 Å². The van der Waals surface area contributed by atoms with Gasteiger partial charge in [-0.25, -0.2) is 0 Å². The number of carbonyl (C=O) groups excluding carboxylic acids is 1. The number of methoxy groups -OCH3 is 1. The lowest BCUT2D eigenvalue weighted by Gasteiger charge is -2.76. The maximum atomic E-state index is 13.5. The van der Waals surface area contributed by atoms with Gasteiger partial charge in [-0.15, -0.1) is 0 Å². The van der Waals surface area contributed by atoms with Crippen LogP contribution < -0.4 is 0 Å². The molecule has 2 heterocycles. The second-order valence-corrected chi connectivity index (χ2v) is 10.4. The molecule has 0 amide bonds. The first kappa shape index (κ1) is 19.2. The molecule has 6 fully saturated rings. The van der Waals surface area contributed by atoms with Gasteiger partial charge in [-0.3, -0.25) is 4.79 Å². The van der Waals surface area contributed by atoms with Gasteiger partial charge >= 0.3 is 0 Å². The lowest BCUT2D eigenvalue weighted by molar-refractivity contribution is -0.508. The lowest BCUT2D eigenvalue weighted by Crippen LogP contribution is -2.87. The normalized spacial score (nSPS) is 59.2. The number of Topliss-reactive ketones (excluding diaryl/α,β-unsaturated/α-hetero) is 1. The van der Waals surface area contributed by atoms with Crippen molar-refractivity contribution < 1.29 is 34.7 Å². The fourth-order valence-corrected chi connectivity index (χ4v) is 8.15. The summed E-state index contributed by atoms with van der Waals surface area (Å²) in [6, 6.07) is 0. The highest BCUT2D eigenvalue weighted by Crippen LogP contribution is 2.77. The Morgan fingerprint density at radius 3 is 2.54 bits per heavy atom. The summed E-state index contributed by atoms with van der Waals surface area (Å²) in [5, 5.41) is 45.9. The summed E-state index contributed by atoms with van der Waals surface area (Å²) in [6.45, 7) is 7.91. The van der Waals surface area contributed by atoms with Crippen LogP contribution in [0.1, 0.15) is 39.5 Å². The zero-order valence-electron chi connectivity index (χ0n) is 16.6. The Hall–Kier alpha value is -0.830. The average Bonchev–Trinajstić information content (AvgIpc) is 2.82. The Morgan fingerprint density at radius 2 is 1.89 bits per heavy atom. The monoisotopic (exact) mass is 394 g/mol.